The standard InChI is InChI=1S/C43H27N3O2/c1-2-11-27(12-3-1)41-44-42(30-20-21-38-34(23-30)32-14-6-8-16-36(32)47-38)46-43(45-41)35-24-31(29-19-18-26-10-4-5-13-28(26)22-29)25-39-40(35)33-15-7-9-17-37(33)48-39/h1-25,39-40H. The summed E-state index contributed by atoms with van der Waals surface area (Å²) >= 11 is 0. The summed E-state index contributed by atoms with van der Waals surface area (Å²) in [5.41, 5.74) is 7.87. The smallest absolute Gasteiger partial charge is 0.164 e. The molecule has 2 unspecified atom stereocenters. The van der Waals surface area contributed by atoms with E-state index < -0.39 is 0 Å². The second-order valence-corrected chi connectivity index (χ2v) is 12.4. The third-order valence-corrected chi connectivity index (χ3v) is 9.48. The van der Waals surface area contributed by atoms with E-state index in [1.54, 1.807) is 0 Å². The van der Waals surface area contributed by atoms with Gasteiger partial charge in [-0.2, -0.15) is 0 Å². The number of allylic oxidation sites excluding steroid dienone is 2. The molecule has 0 saturated heterocycles. The minimum Gasteiger partial charge on any atom is -0.485 e. The number of nitrogens with zero attached hydrogens (tertiary/aromatic N) is 3. The topological polar surface area (TPSA) is 61.0 Å². The molecule has 0 spiro atoms. The molecule has 0 radical (unpaired) electrons. The van der Waals surface area contributed by atoms with E-state index in [2.05, 4.69) is 78.9 Å². The van der Waals surface area contributed by atoms with Crippen LogP contribution in [0.4, 0.5) is 0 Å². The van der Waals surface area contributed by atoms with E-state index in [1.807, 2.05) is 72.8 Å². The normalized spacial score (nSPS) is 16.8. The number of rotatable bonds is 4. The summed E-state index contributed by atoms with van der Waals surface area (Å²) in [5.74, 6) is 2.70. The molecule has 0 saturated carbocycles. The largest absolute Gasteiger partial charge is 0.485 e. The van der Waals surface area contributed by atoms with E-state index in [0.717, 1.165) is 61.1 Å². The van der Waals surface area contributed by atoms with Crippen molar-refractivity contribution in [1.29, 1.82) is 0 Å². The molecule has 2 atom stereocenters. The van der Waals surface area contributed by atoms with Crippen molar-refractivity contribution in [2.45, 2.75) is 12.0 Å². The Morgan fingerprint density at radius 3 is 2.12 bits per heavy atom. The van der Waals surface area contributed by atoms with Crippen LogP contribution in [-0.4, -0.2) is 21.1 Å². The molecule has 3 heterocycles. The van der Waals surface area contributed by atoms with Crippen LogP contribution >= 0.6 is 0 Å². The number of fused-ring (bicyclic) bond motifs is 7. The molecule has 0 amide bonds. The van der Waals surface area contributed by atoms with Gasteiger partial charge < -0.3 is 9.15 Å². The molecule has 0 N–H and O–H groups in total. The lowest BCUT2D eigenvalue weighted by molar-refractivity contribution is 0.272. The molecule has 5 nitrogen and oxygen atoms in total. The van der Waals surface area contributed by atoms with Crippen molar-refractivity contribution >= 4 is 43.9 Å². The maximum atomic E-state index is 6.61. The van der Waals surface area contributed by atoms with Gasteiger partial charge in [-0.15, -0.1) is 0 Å². The predicted octanol–water partition coefficient (Wildman–Crippen LogP) is 10.3. The summed E-state index contributed by atoms with van der Waals surface area (Å²) in [6.45, 7) is 0. The highest BCUT2D eigenvalue weighted by Gasteiger charge is 2.40. The first-order valence-corrected chi connectivity index (χ1v) is 16.2. The molecule has 8 aromatic rings. The molecule has 6 aromatic carbocycles. The Morgan fingerprint density at radius 1 is 0.500 bits per heavy atom. The van der Waals surface area contributed by atoms with Gasteiger partial charge in [0, 0.05) is 33.0 Å². The average molecular weight is 618 g/mol. The first-order chi connectivity index (χ1) is 23.7. The number of furan rings is 1. The van der Waals surface area contributed by atoms with Gasteiger partial charge in [-0.25, -0.2) is 15.0 Å². The number of hydrogen-bond acceptors (Lipinski definition) is 5. The van der Waals surface area contributed by atoms with Gasteiger partial charge in [-0.05, 0) is 70.5 Å². The van der Waals surface area contributed by atoms with Crippen LogP contribution < -0.4 is 4.74 Å². The summed E-state index contributed by atoms with van der Waals surface area (Å²) in [6, 6.07) is 47.8. The minimum atomic E-state index is -0.196. The van der Waals surface area contributed by atoms with Gasteiger partial charge in [0.15, 0.2) is 17.5 Å². The Bertz CT molecular complexity index is 2620. The van der Waals surface area contributed by atoms with Crippen LogP contribution in [0, 0.1) is 0 Å². The summed E-state index contributed by atoms with van der Waals surface area (Å²) in [5, 5.41) is 4.50. The number of benzene rings is 6. The summed E-state index contributed by atoms with van der Waals surface area (Å²) < 4.78 is 12.7. The van der Waals surface area contributed by atoms with Gasteiger partial charge in [0.2, 0.25) is 0 Å². The van der Waals surface area contributed by atoms with Crippen LogP contribution in [0.15, 0.2) is 156 Å². The monoisotopic (exact) mass is 617 g/mol. The van der Waals surface area contributed by atoms with Crippen molar-refractivity contribution in [2.75, 3.05) is 0 Å². The maximum absolute atomic E-state index is 6.61. The zero-order valence-electron chi connectivity index (χ0n) is 25.7. The molecule has 5 heteroatoms. The molecule has 48 heavy (non-hydrogen) atoms. The molecule has 0 bridgehead atoms. The van der Waals surface area contributed by atoms with Gasteiger partial charge in [0.1, 0.15) is 23.0 Å². The second-order valence-electron chi connectivity index (χ2n) is 12.4. The average Bonchev–Trinajstić information content (AvgIpc) is 3.72. The van der Waals surface area contributed by atoms with E-state index in [0.29, 0.717) is 17.5 Å². The van der Waals surface area contributed by atoms with E-state index in [-0.39, 0.29) is 12.0 Å². The Hall–Kier alpha value is -6.33. The molecule has 1 aliphatic carbocycles. The highest BCUT2D eigenvalue weighted by Crippen LogP contribution is 2.49. The molecule has 1 aliphatic heterocycles. The van der Waals surface area contributed by atoms with Gasteiger partial charge in [-0.3, -0.25) is 0 Å². The van der Waals surface area contributed by atoms with Crippen LogP contribution in [-0.2, 0) is 0 Å². The molecule has 2 aliphatic rings. The van der Waals surface area contributed by atoms with Crippen molar-refractivity contribution in [3.8, 4) is 28.5 Å². The van der Waals surface area contributed by atoms with Gasteiger partial charge in [0.25, 0.3) is 0 Å². The molecule has 0 fully saturated rings. The minimum absolute atomic E-state index is 0.0652. The fraction of sp³-hybridized carbons (Fsp3) is 0.0465. The van der Waals surface area contributed by atoms with Crippen molar-refractivity contribution in [3.63, 3.8) is 0 Å². The summed E-state index contributed by atoms with van der Waals surface area (Å²) in [7, 11) is 0. The first-order valence-electron chi connectivity index (χ1n) is 16.2. The molecule has 2 aromatic heterocycles. The van der Waals surface area contributed by atoms with Gasteiger partial charge >= 0.3 is 0 Å². The molecule has 10 rings (SSSR count). The number of aromatic nitrogens is 3. The number of ether oxygens (including phenoxy) is 1. The van der Waals surface area contributed by atoms with E-state index >= 15 is 0 Å². The quantitative estimate of drug-likeness (QED) is 0.197. The maximum Gasteiger partial charge on any atom is 0.164 e. The number of hydrogen-bond donors (Lipinski definition) is 0. The van der Waals surface area contributed by atoms with Crippen LogP contribution in [0.5, 0.6) is 5.75 Å². The zero-order valence-corrected chi connectivity index (χ0v) is 25.7. The lowest BCUT2D eigenvalue weighted by Gasteiger charge is -2.25. The zero-order chi connectivity index (χ0) is 31.6. The highest BCUT2D eigenvalue weighted by molar-refractivity contribution is 6.06. The third kappa shape index (κ3) is 4.36. The molecular formula is C43H27N3O2. The Balaban J connectivity index is 1.19. The van der Waals surface area contributed by atoms with Crippen LogP contribution in [0.1, 0.15) is 22.9 Å². The second kappa shape index (κ2) is 10.6. The highest BCUT2D eigenvalue weighted by atomic mass is 16.5. The van der Waals surface area contributed by atoms with Crippen molar-refractivity contribution in [1.82, 2.24) is 15.0 Å². The lowest BCUT2D eigenvalue weighted by Crippen LogP contribution is -2.22. The molecule has 226 valence electrons. The van der Waals surface area contributed by atoms with Gasteiger partial charge in [0.05, 0.1) is 5.92 Å². The Kier molecular flexibility index (Phi) is 5.93. The fourth-order valence-corrected chi connectivity index (χ4v) is 7.16. The third-order valence-electron chi connectivity index (χ3n) is 9.48. The van der Waals surface area contributed by atoms with Crippen molar-refractivity contribution < 1.29 is 9.15 Å². The van der Waals surface area contributed by atoms with E-state index in [4.69, 9.17) is 24.1 Å². The lowest BCUT2D eigenvalue weighted by atomic mass is 9.80. The first kappa shape index (κ1) is 26.8. The van der Waals surface area contributed by atoms with Crippen LogP contribution in [0.25, 0.3) is 66.6 Å². The Labute approximate surface area is 276 Å². The van der Waals surface area contributed by atoms with Gasteiger partial charge in [-0.1, -0.05) is 103 Å². The van der Waals surface area contributed by atoms with E-state index in [9.17, 15) is 0 Å². The van der Waals surface area contributed by atoms with Crippen LogP contribution in [0.2, 0.25) is 0 Å². The van der Waals surface area contributed by atoms with Crippen molar-refractivity contribution in [2.24, 2.45) is 0 Å². The summed E-state index contributed by atoms with van der Waals surface area (Å²) in [4.78, 5) is 15.5. The molecular weight excluding hydrogens is 590 g/mol. The Morgan fingerprint density at radius 2 is 1.21 bits per heavy atom. The SMILES string of the molecule is C1=C(c2ccc3ccccc3c2)C=C(c2nc(-c3ccccc3)nc(-c3ccc4oc5ccccc5c4c3)n2)C2c3ccccc3OC12. The summed E-state index contributed by atoms with van der Waals surface area (Å²) in [6.07, 6.45) is 4.30. The fourth-order valence-electron chi connectivity index (χ4n) is 7.16. The van der Waals surface area contributed by atoms with E-state index in [1.165, 1.54) is 10.8 Å². The van der Waals surface area contributed by atoms with Crippen LogP contribution in [0.3, 0.4) is 0 Å². The predicted molar refractivity (Wildman–Crippen MR) is 191 cm³/mol. The van der Waals surface area contributed by atoms with Crippen molar-refractivity contribution in [3.05, 3.63) is 169 Å². The number of para-hydroxylation sites is 2.